The Morgan fingerprint density at radius 3 is 2.61 bits per heavy atom. The Kier molecular flexibility index (Phi) is 6.15. The zero-order valence-electron chi connectivity index (χ0n) is 16.4. The molecule has 0 radical (unpaired) electrons. The lowest BCUT2D eigenvalue weighted by Crippen LogP contribution is -2.37. The third kappa shape index (κ3) is 3.80. The average Bonchev–Trinajstić information content (AvgIpc) is 2.68. The van der Waals surface area contributed by atoms with Gasteiger partial charge in [0, 0.05) is 18.0 Å². The molecule has 3 rings (SSSR count). The Morgan fingerprint density at radius 2 is 1.93 bits per heavy atom. The summed E-state index contributed by atoms with van der Waals surface area (Å²) in [7, 11) is 0. The number of hydrogen-bond donors (Lipinski definition) is 0. The van der Waals surface area contributed by atoms with Gasteiger partial charge in [0.1, 0.15) is 5.82 Å². The zero-order valence-corrected chi connectivity index (χ0v) is 17.1. The third-order valence-corrected chi connectivity index (χ3v) is 5.07. The predicted molar refractivity (Wildman–Crippen MR) is 113 cm³/mol. The molecule has 1 unspecified atom stereocenters. The first-order valence-electron chi connectivity index (χ1n) is 9.55. The molecule has 5 nitrogen and oxygen atoms in total. The molecule has 0 aliphatic heterocycles. The average molecular weight is 398 g/mol. The van der Waals surface area contributed by atoms with Gasteiger partial charge in [-0.3, -0.25) is 14.2 Å². The molecule has 0 aliphatic rings. The van der Waals surface area contributed by atoms with Crippen molar-refractivity contribution < 1.29 is 4.79 Å². The molecule has 3 aromatic rings. The van der Waals surface area contributed by atoms with Gasteiger partial charge in [0.25, 0.3) is 5.56 Å². The second-order valence-electron chi connectivity index (χ2n) is 6.71. The standard InChI is InChI=1S/C22H24ClN3O2/c1-4-9-20(27)25(5-2)15(3)21-24-19-13-7-6-12-18(19)22(28)26(21)17-11-8-10-16(23)14-17/h6-8,10-15H,4-5,9H2,1-3H3. The molecule has 2 aromatic carbocycles. The van der Waals surface area contributed by atoms with Gasteiger partial charge in [0.05, 0.1) is 22.6 Å². The molecule has 6 heteroatoms. The first-order chi connectivity index (χ1) is 13.5. The molecular formula is C22H24ClN3O2. The lowest BCUT2D eigenvalue weighted by Gasteiger charge is -2.29. The van der Waals surface area contributed by atoms with Gasteiger partial charge in [0.2, 0.25) is 5.91 Å². The van der Waals surface area contributed by atoms with E-state index in [0.717, 1.165) is 6.42 Å². The van der Waals surface area contributed by atoms with E-state index in [-0.39, 0.29) is 17.5 Å². The number of rotatable bonds is 6. The minimum absolute atomic E-state index is 0.0533. The second-order valence-corrected chi connectivity index (χ2v) is 7.15. The maximum Gasteiger partial charge on any atom is 0.266 e. The molecule has 0 N–H and O–H groups in total. The SMILES string of the molecule is CCCC(=O)N(CC)C(C)c1nc2ccccc2c(=O)n1-c1cccc(Cl)c1. The summed E-state index contributed by atoms with van der Waals surface area (Å²) >= 11 is 6.18. The topological polar surface area (TPSA) is 55.2 Å². The highest BCUT2D eigenvalue weighted by atomic mass is 35.5. The lowest BCUT2D eigenvalue weighted by atomic mass is 10.1. The van der Waals surface area contributed by atoms with Crippen molar-refractivity contribution in [2.75, 3.05) is 6.54 Å². The number of amides is 1. The van der Waals surface area contributed by atoms with Crippen LogP contribution in [0.3, 0.4) is 0 Å². The smallest absolute Gasteiger partial charge is 0.266 e. The van der Waals surface area contributed by atoms with Crippen LogP contribution < -0.4 is 5.56 Å². The Balaban J connectivity index is 2.27. The monoisotopic (exact) mass is 397 g/mol. The first kappa shape index (κ1) is 20.1. The molecule has 0 saturated carbocycles. The Bertz CT molecular complexity index is 1060. The molecular weight excluding hydrogens is 374 g/mol. The number of para-hydroxylation sites is 1. The normalized spacial score (nSPS) is 12.1. The molecule has 0 fully saturated rings. The number of carbonyl (C=O) groups is 1. The van der Waals surface area contributed by atoms with E-state index in [2.05, 4.69) is 0 Å². The van der Waals surface area contributed by atoms with Gasteiger partial charge in [0.15, 0.2) is 0 Å². The highest BCUT2D eigenvalue weighted by Crippen LogP contribution is 2.24. The Morgan fingerprint density at radius 1 is 1.18 bits per heavy atom. The molecule has 28 heavy (non-hydrogen) atoms. The number of halogens is 1. The van der Waals surface area contributed by atoms with Crippen molar-refractivity contribution >= 4 is 28.4 Å². The fraction of sp³-hybridized carbons (Fsp3) is 0.318. The van der Waals surface area contributed by atoms with E-state index in [1.165, 1.54) is 0 Å². The summed E-state index contributed by atoms with van der Waals surface area (Å²) in [5.41, 5.74) is 1.08. The van der Waals surface area contributed by atoms with Crippen LogP contribution in [-0.2, 0) is 4.79 Å². The molecule has 1 heterocycles. The van der Waals surface area contributed by atoms with Crippen LogP contribution in [-0.4, -0.2) is 26.9 Å². The quantitative estimate of drug-likeness (QED) is 0.603. The van der Waals surface area contributed by atoms with E-state index in [4.69, 9.17) is 16.6 Å². The van der Waals surface area contributed by atoms with Crippen molar-refractivity contribution in [3.63, 3.8) is 0 Å². The highest BCUT2D eigenvalue weighted by molar-refractivity contribution is 6.30. The molecule has 0 spiro atoms. The van der Waals surface area contributed by atoms with Gasteiger partial charge >= 0.3 is 0 Å². The van der Waals surface area contributed by atoms with Crippen LogP contribution in [0.2, 0.25) is 5.02 Å². The van der Waals surface area contributed by atoms with E-state index in [1.54, 1.807) is 33.7 Å². The summed E-state index contributed by atoms with van der Waals surface area (Å²) in [5, 5.41) is 1.06. The van der Waals surface area contributed by atoms with Crippen LogP contribution in [0.4, 0.5) is 0 Å². The summed E-state index contributed by atoms with van der Waals surface area (Å²) in [4.78, 5) is 32.5. The number of aromatic nitrogens is 2. The summed E-state index contributed by atoms with van der Waals surface area (Å²) in [6, 6.07) is 14.0. The maximum absolute atomic E-state index is 13.3. The Hall–Kier alpha value is -2.66. The van der Waals surface area contributed by atoms with Gasteiger partial charge in [-0.05, 0) is 50.6 Å². The predicted octanol–water partition coefficient (Wildman–Crippen LogP) is 4.75. The summed E-state index contributed by atoms with van der Waals surface area (Å²) in [5.74, 6) is 0.579. The van der Waals surface area contributed by atoms with Crippen LogP contribution in [0.5, 0.6) is 0 Å². The highest BCUT2D eigenvalue weighted by Gasteiger charge is 2.25. The van der Waals surface area contributed by atoms with Crippen molar-refractivity contribution in [3.05, 3.63) is 69.7 Å². The fourth-order valence-corrected chi connectivity index (χ4v) is 3.64. The lowest BCUT2D eigenvalue weighted by molar-refractivity contribution is -0.133. The number of fused-ring (bicyclic) bond motifs is 1. The molecule has 1 aromatic heterocycles. The van der Waals surface area contributed by atoms with E-state index < -0.39 is 0 Å². The molecule has 1 atom stereocenters. The molecule has 0 aliphatic carbocycles. The minimum atomic E-state index is -0.361. The van der Waals surface area contributed by atoms with Crippen molar-refractivity contribution in [2.24, 2.45) is 0 Å². The summed E-state index contributed by atoms with van der Waals surface area (Å²) in [6.45, 7) is 6.37. The fourth-order valence-electron chi connectivity index (χ4n) is 3.46. The van der Waals surface area contributed by atoms with E-state index in [0.29, 0.717) is 40.4 Å². The number of hydrogen-bond acceptors (Lipinski definition) is 3. The van der Waals surface area contributed by atoms with Crippen LogP contribution in [0.25, 0.3) is 16.6 Å². The molecule has 0 bridgehead atoms. The van der Waals surface area contributed by atoms with Crippen LogP contribution in [0, 0.1) is 0 Å². The van der Waals surface area contributed by atoms with Crippen molar-refractivity contribution in [3.8, 4) is 5.69 Å². The van der Waals surface area contributed by atoms with Gasteiger partial charge in [-0.25, -0.2) is 4.98 Å². The van der Waals surface area contributed by atoms with Crippen molar-refractivity contribution in [1.82, 2.24) is 14.5 Å². The van der Waals surface area contributed by atoms with Crippen molar-refractivity contribution in [2.45, 2.75) is 39.7 Å². The molecule has 0 saturated heterocycles. The summed E-state index contributed by atoms with van der Waals surface area (Å²) in [6.07, 6.45) is 1.24. The van der Waals surface area contributed by atoms with E-state index >= 15 is 0 Å². The number of carbonyl (C=O) groups excluding carboxylic acids is 1. The van der Waals surface area contributed by atoms with Crippen LogP contribution >= 0.6 is 11.6 Å². The Labute approximate surface area is 169 Å². The zero-order chi connectivity index (χ0) is 20.3. The van der Waals surface area contributed by atoms with Gasteiger partial charge in [-0.15, -0.1) is 0 Å². The van der Waals surface area contributed by atoms with Crippen molar-refractivity contribution in [1.29, 1.82) is 0 Å². The van der Waals surface area contributed by atoms with Gasteiger partial charge in [-0.2, -0.15) is 0 Å². The number of benzene rings is 2. The maximum atomic E-state index is 13.3. The second kappa shape index (κ2) is 8.57. The largest absolute Gasteiger partial charge is 0.333 e. The first-order valence-corrected chi connectivity index (χ1v) is 9.92. The van der Waals surface area contributed by atoms with Gasteiger partial charge < -0.3 is 4.90 Å². The van der Waals surface area contributed by atoms with E-state index in [9.17, 15) is 9.59 Å². The summed E-state index contributed by atoms with van der Waals surface area (Å²) < 4.78 is 1.57. The van der Waals surface area contributed by atoms with Crippen LogP contribution in [0.1, 0.15) is 45.5 Å². The van der Waals surface area contributed by atoms with Crippen LogP contribution in [0.15, 0.2) is 53.3 Å². The minimum Gasteiger partial charge on any atom is -0.333 e. The number of nitrogens with zero attached hydrogens (tertiary/aromatic N) is 3. The third-order valence-electron chi connectivity index (χ3n) is 4.83. The molecule has 1 amide bonds. The molecule has 146 valence electrons. The van der Waals surface area contributed by atoms with E-state index in [1.807, 2.05) is 45.0 Å². The van der Waals surface area contributed by atoms with Gasteiger partial charge in [-0.1, -0.05) is 36.7 Å².